The summed E-state index contributed by atoms with van der Waals surface area (Å²) in [7, 11) is 3.60. The number of thiophene rings is 1. The minimum atomic E-state index is -0.00512. The molecule has 1 aromatic heterocycles. The zero-order valence-corrected chi connectivity index (χ0v) is 12.4. The molecule has 0 atom stereocenters. The fourth-order valence-electron chi connectivity index (χ4n) is 1.84. The van der Waals surface area contributed by atoms with E-state index in [1.54, 1.807) is 11.9 Å². The quantitative estimate of drug-likeness (QED) is 0.932. The molecule has 0 radical (unpaired) electrons. The van der Waals surface area contributed by atoms with Crippen molar-refractivity contribution < 1.29 is 4.79 Å². The highest BCUT2D eigenvalue weighted by molar-refractivity contribution is 7.16. The molecule has 19 heavy (non-hydrogen) atoms. The average molecular weight is 295 g/mol. The van der Waals surface area contributed by atoms with Crippen LogP contribution in [-0.2, 0) is 6.54 Å². The Morgan fingerprint density at radius 2 is 2.05 bits per heavy atom. The molecule has 5 heteroatoms. The number of para-hydroxylation sites is 1. The first-order valence-electron chi connectivity index (χ1n) is 5.88. The van der Waals surface area contributed by atoms with E-state index in [0.29, 0.717) is 12.1 Å². The Morgan fingerprint density at radius 1 is 1.32 bits per heavy atom. The third-order valence-electron chi connectivity index (χ3n) is 2.80. The van der Waals surface area contributed by atoms with Crippen molar-refractivity contribution in [3.05, 3.63) is 51.2 Å². The smallest absolute Gasteiger partial charge is 0.256 e. The van der Waals surface area contributed by atoms with E-state index in [4.69, 9.17) is 11.6 Å². The molecule has 0 unspecified atom stereocenters. The van der Waals surface area contributed by atoms with Gasteiger partial charge in [-0.1, -0.05) is 23.7 Å². The number of amides is 1. The van der Waals surface area contributed by atoms with Gasteiger partial charge in [0.1, 0.15) is 0 Å². The number of carbonyl (C=O) groups excluding carboxylic acids is 1. The Kier molecular flexibility index (Phi) is 4.45. The fraction of sp³-hybridized carbons (Fsp3) is 0.214. The van der Waals surface area contributed by atoms with Gasteiger partial charge in [-0.15, -0.1) is 11.3 Å². The number of nitrogens with zero attached hydrogens (tertiary/aromatic N) is 1. The molecule has 2 rings (SSSR count). The van der Waals surface area contributed by atoms with E-state index in [-0.39, 0.29) is 5.91 Å². The van der Waals surface area contributed by atoms with Gasteiger partial charge in [0.25, 0.3) is 5.91 Å². The monoisotopic (exact) mass is 294 g/mol. The first kappa shape index (κ1) is 13.9. The summed E-state index contributed by atoms with van der Waals surface area (Å²) in [5, 5.41) is 3.03. The van der Waals surface area contributed by atoms with Crippen LogP contribution in [0.2, 0.25) is 4.34 Å². The zero-order valence-electron chi connectivity index (χ0n) is 10.8. The molecular formula is C14H15ClN2OS. The highest BCUT2D eigenvalue weighted by Crippen LogP contribution is 2.23. The second-order valence-corrected chi connectivity index (χ2v) is 5.96. The molecule has 1 amide bonds. The molecule has 0 saturated heterocycles. The lowest BCUT2D eigenvalue weighted by molar-refractivity contribution is 0.0787. The summed E-state index contributed by atoms with van der Waals surface area (Å²) in [5.74, 6) is -0.00512. The van der Waals surface area contributed by atoms with Crippen LogP contribution < -0.4 is 5.32 Å². The van der Waals surface area contributed by atoms with E-state index >= 15 is 0 Å². The van der Waals surface area contributed by atoms with E-state index in [1.807, 2.05) is 43.4 Å². The molecule has 0 saturated carbocycles. The maximum absolute atomic E-state index is 12.4. The number of benzene rings is 1. The minimum absolute atomic E-state index is 0.00512. The largest absolute Gasteiger partial charge is 0.387 e. The van der Waals surface area contributed by atoms with Crippen molar-refractivity contribution in [3.63, 3.8) is 0 Å². The van der Waals surface area contributed by atoms with Gasteiger partial charge in [0.05, 0.1) is 16.4 Å². The van der Waals surface area contributed by atoms with Gasteiger partial charge in [-0.2, -0.15) is 0 Å². The predicted molar refractivity (Wildman–Crippen MR) is 81.1 cm³/mol. The molecule has 100 valence electrons. The van der Waals surface area contributed by atoms with Crippen molar-refractivity contribution in [1.29, 1.82) is 0 Å². The number of hydrogen-bond acceptors (Lipinski definition) is 3. The number of halogens is 1. The van der Waals surface area contributed by atoms with Gasteiger partial charge >= 0.3 is 0 Å². The third kappa shape index (κ3) is 3.28. The Balaban J connectivity index is 2.14. The number of carbonyl (C=O) groups is 1. The minimum Gasteiger partial charge on any atom is -0.387 e. The average Bonchev–Trinajstić information content (AvgIpc) is 2.83. The van der Waals surface area contributed by atoms with Gasteiger partial charge in [-0.3, -0.25) is 4.79 Å². The first-order chi connectivity index (χ1) is 9.11. The molecule has 0 spiro atoms. The van der Waals surface area contributed by atoms with Gasteiger partial charge in [0.2, 0.25) is 0 Å². The molecule has 1 heterocycles. The number of anilines is 1. The van der Waals surface area contributed by atoms with Crippen LogP contribution >= 0.6 is 22.9 Å². The van der Waals surface area contributed by atoms with Crippen molar-refractivity contribution in [3.8, 4) is 0 Å². The number of rotatable bonds is 4. The van der Waals surface area contributed by atoms with Crippen LogP contribution in [0.15, 0.2) is 36.4 Å². The molecule has 0 aliphatic carbocycles. The fourth-order valence-corrected chi connectivity index (χ4v) is 2.98. The van der Waals surface area contributed by atoms with Crippen molar-refractivity contribution in [2.45, 2.75) is 6.54 Å². The highest BCUT2D eigenvalue weighted by Gasteiger charge is 2.15. The maximum atomic E-state index is 12.4. The second-order valence-electron chi connectivity index (χ2n) is 4.16. The lowest BCUT2D eigenvalue weighted by Gasteiger charge is -2.18. The normalized spacial score (nSPS) is 10.3. The third-order valence-corrected chi connectivity index (χ3v) is 4.01. The van der Waals surface area contributed by atoms with Crippen LogP contribution in [0, 0.1) is 0 Å². The van der Waals surface area contributed by atoms with Crippen LogP contribution in [0.1, 0.15) is 15.2 Å². The molecule has 1 N–H and O–H groups in total. The summed E-state index contributed by atoms with van der Waals surface area (Å²) >= 11 is 7.39. The van der Waals surface area contributed by atoms with Gasteiger partial charge in [0, 0.05) is 24.7 Å². The molecule has 0 bridgehead atoms. The summed E-state index contributed by atoms with van der Waals surface area (Å²) < 4.78 is 0.742. The van der Waals surface area contributed by atoms with Gasteiger partial charge < -0.3 is 10.2 Å². The van der Waals surface area contributed by atoms with Gasteiger partial charge in [-0.05, 0) is 24.3 Å². The number of nitrogens with one attached hydrogen (secondary N) is 1. The van der Waals surface area contributed by atoms with E-state index < -0.39 is 0 Å². The molecule has 2 aromatic rings. The van der Waals surface area contributed by atoms with Crippen LogP contribution in [0.3, 0.4) is 0 Å². The Morgan fingerprint density at radius 3 is 2.68 bits per heavy atom. The lowest BCUT2D eigenvalue weighted by atomic mass is 10.1. The van der Waals surface area contributed by atoms with Crippen molar-refractivity contribution >= 4 is 34.5 Å². The Labute approximate surface area is 121 Å². The summed E-state index contributed by atoms with van der Waals surface area (Å²) in [4.78, 5) is 15.2. The molecule has 1 aromatic carbocycles. The van der Waals surface area contributed by atoms with Crippen molar-refractivity contribution in [2.24, 2.45) is 0 Å². The van der Waals surface area contributed by atoms with Gasteiger partial charge in [0.15, 0.2) is 0 Å². The standard InChI is InChI=1S/C14H15ClN2OS/c1-16-12-6-4-3-5-11(12)14(18)17(2)9-10-7-8-13(15)19-10/h3-8,16H,9H2,1-2H3. The van der Waals surface area contributed by atoms with E-state index in [1.165, 1.54) is 11.3 Å². The van der Waals surface area contributed by atoms with E-state index in [9.17, 15) is 4.79 Å². The SMILES string of the molecule is CNc1ccccc1C(=O)N(C)Cc1ccc(Cl)s1. The Bertz CT molecular complexity index is 582. The summed E-state index contributed by atoms with van der Waals surface area (Å²) in [6, 6.07) is 11.3. The number of hydrogen-bond donors (Lipinski definition) is 1. The second kappa shape index (κ2) is 6.08. The summed E-state index contributed by atoms with van der Waals surface area (Å²) in [6.45, 7) is 0.564. The first-order valence-corrected chi connectivity index (χ1v) is 7.07. The van der Waals surface area contributed by atoms with Crippen molar-refractivity contribution in [1.82, 2.24) is 4.90 Å². The molecular weight excluding hydrogens is 280 g/mol. The molecule has 0 aliphatic heterocycles. The van der Waals surface area contributed by atoms with Crippen LogP contribution in [0.25, 0.3) is 0 Å². The topological polar surface area (TPSA) is 32.3 Å². The van der Waals surface area contributed by atoms with Crippen LogP contribution in [-0.4, -0.2) is 24.9 Å². The Hall–Kier alpha value is -1.52. The van der Waals surface area contributed by atoms with Gasteiger partial charge in [-0.25, -0.2) is 0 Å². The van der Waals surface area contributed by atoms with E-state index in [0.717, 1.165) is 14.9 Å². The lowest BCUT2D eigenvalue weighted by Crippen LogP contribution is -2.26. The summed E-state index contributed by atoms with van der Waals surface area (Å²) in [6.07, 6.45) is 0. The molecule has 0 fully saturated rings. The highest BCUT2D eigenvalue weighted by atomic mass is 35.5. The summed E-state index contributed by atoms with van der Waals surface area (Å²) in [5.41, 5.74) is 1.51. The van der Waals surface area contributed by atoms with Crippen LogP contribution in [0.4, 0.5) is 5.69 Å². The molecule has 0 aliphatic rings. The van der Waals surface area contributed by atoms with Crippen LogP contribution in [0.5, 0.6) is 0 Å². The molecule has 3 nitrogen and oxygen atoms in total. The predicted octanol–water partition coefficient (Wildman–Crippen LogP) is 3.72. The van der Waals surface area contributed by atoms with Crippen molar-refractivity contribution in [2.75, 3.05) is 19.4 Å². The van der Waals surface area contributed by atoms with E-state index in [2.05, 4.69) is 5.32 Å². The maximum Gasteiger partial charge on any atom is 0.256 e. The zero-order chi connectivity index (χ0) is 13.8.